The Bertz CT molecular complexity index is 649. The van der Waals surface area contributed by atoms with E-state index in [-0.39, 0.29) is 12.5 Å². The average molecular weight is 273 g/mol. The molecule has 3 heteroatoms. The molecule has 1 unspecified atom stereocenters. The number of aryl methyl sites for hydroxylation is 1. The Labute approximate surface area is 117 Å². The summed E-state index contributed by atoms with van der Waals surface area (Å²) in [5, 5.41) is 0. The van der Waals surface area contributed by atoms with Crippen molar-refractivity contribution in [3.05, 3.63) is 59.2 Å². The van der Waals surface area contributed by atoms with E-state index in [1.54, 1.807) is 0 Å². The first-order chi connectivity index (χ1) is 9.18. The van der Waals surface area contributed by atoms with Crippen LogP contribution in [0.2, 0.25) is 0 Å². The molecule has 0 saturated carbocycles. The van der Waals surface area contributed by atoms with Gasteiger partial charge in [-0.3, -0.25) is 0 Å². The topological polar surface area (TPSA) is 26.3 Å². The number of fused-ring (bicyclic) bond motifs is 3. The predicted octanol–water partition coefficient (Wildman–Crippen LogP) is 4.48. The SMILES string of the molecule is Cc1cccc2c1C(COC(=O)Cl)c1ccccc1-2. The highest BCUT2D eigenvalue weighted by Crippen LogP contribution is 2.46. The number of hydrogen-bond donors (Lipinski definition) is 0. The van der Waals surface area contributed by atoms with Crippen molar-refractivity contribution < 1.29 is 9.53 Å². The molecule has 96 valence electrons. The van der Waals surface area contributed by atoms with E-state index < -0.39 is 5.43 Å². The number of carbonyl (C=O) groups is 1. The summed E-state index contributed by atoms with van der Waals surface area (Å²) in [6.45, 7) is 2.37. The molecule has 0 fully saturated rings. The first kappa shape index (κ1) is 12.2. The van der Waals surface area contributed by atoms with Gasteiger partial charge in [0.2, 0.25) is 0 Å². The van der Waals surface area contributed by atoms with Crippen LogP contribution in [-0.4, -0.2) is 12.0 Å². The molecule has 3 rings (SSSR count). The van der Waals surface area contributed by atoms with Gasteiger partial charge in [-0.2, -0.15) is 0 Å². The molecule has 0 amide bonds. The fraction of sp³-hybridized carbons (Fsp3) is 0.188. The largest absolute Gasteiger partial charge is 0.453 e. The highest BCUT2D eigenvalue weighted by atomic mass is 35.5. The lowest BCUT2D eigenvalue weighted by molar-refractivity contribution is 0.170. The summed E-state index contributed by atoms with van der Waals surface area (Å²) in [5.41, 5.74) is 5.35. The van der Waals surface area contributed by atoms with Crippen molar-refractivity contribution in [3.8, 4) is 11.1 Å². The van der Waals surface area contributed by atoms with Crippen molar-refractivity contribution in [3.63, 3.8) is 0 Å². The van der Waals surface area contributed by atoms with Crippen LogP contribution < -0.4 is 0 Å². The van der Waals surface area contributed by atoms with Gasteiger partial charge >= 0.3 is 5.43 Å². The molecule has 2 nitrogen and oxygen atoms in total. The summed E-state index contributed by atoms with van der Waals surface area (Å²) < 4.78 is 5.02. The lowest BCUT2D eigenvalue weighted by Gasteiger charge is -2.14. The van der Waals surface area contributed by atoms with E-state index in [9.17, 15) is 4.79 Å². The fourth-order valence-electron chi connectivity index (χ4n) is 2.90. The van der Waals surface area contributed by atoms with Crippen molar-refractivity contribution in [1.82, 2.24) is 0 Å². The first-order valence-corrected chi connectivity index (χ1v) is 6.57. The van der Waals surface area contributed by atoms with Crippen LogP contribution in [0.5, 0.6) is 0 Å². The average Bonchev–Trinajstić information content (AvgIpc) is 2.72. The van der Waals surface area contributed by atoms with Gasteiger partial charge < -0.3 is 4.74 Å². The van der Waals surface area contributed by atoms with E-state index in [4.69, 9.17) is 16.3 Å². The molecule has 0 radical (unpaired) electrons. The molecule has 0 bridgehead atoms. The van der Waals surface area contributed by atoms with E-state index >= 15 is 0 Å². The van der Waals surface area contributed by atoms with Gasteiger partial charge in [0.25, 0.3) is 0 Å². The minimum atomic E-state index is -0.750. The van der Waals surface area contributed by atoms with Crippen LogP contribution in [0.3, 0.4) is 0 Å². The van der Waals surface area contributed by atoms with Crippen LogP contribution in [0.1, 0.15) is 22.6 Å². The summed E-state index contributed by atoms with van der Waals surface area (Å²) in [5.74, 6) is 0.0788. The van der Waals surface area contributed by atoms with Gasteiger partial charge in [0, 0.05) is 17.5 Å². The Morgan fingerprint density at radius 3 is 2.68 bits per heavy atom. The van der Waals surface area contributed by atoms with Gasteiger partial charge in [0.1, 0.15) is 6.61 Å². The van der Waals surface area contributed by atoms with E-state index in [2.05, 4.69) is 37.3 Å². The normalized spacial score (nSPS) is 15.8. The molecule has 0 saturated heterocycles. The number of benzene rings is 2. The zero-order valence-electron chi connectivity index (χ0n) is 10.5. The zero-order valence-corrected chi connectivity index (χ0v) is 11.3. The summed E-state index contributed by atoms with van der Waals surface area (Å²) >= 11 is 5.29. The van der Waals surface area contributed by atoms with Crippen LogP contribution in [0.15, 0.2) is 42.5 Å². The summed E-state index contributed by atoms with van der Waals surface area (Å²) in [4.78, 5) is 10.9. The molecule has 1 aliphatic rings. The van der Waals surface area contributed by atoms with E-state index in [0.717, 1.165) is 0 Å². The van der Waals surface area contributed by atoms with E-state index in [0.29, 0.717) is 0 Å². The van der Waals surface area contributed by atoms with Crippen molar-refractivity contribution in [2.24, 2.45) is 0 Å². The molecule has 2 aromatic carbocycles. The van der Waals surface area contributed by atoms with Gasteiger partial charge in [0.05, 0.1) is 0 Å². The Kier molecular flexibility index (Phi) is 3.03. The fourth-order valence-corrected chi connectivity index (χ4v) is 2.96. The second-order valence-corrected chi connectivity index (χ2v) is 5.03. The molecule has 19 heavy (non-hydrogen) atoms. The molecule has 0 N–H and O–H groups in total. The van der Waals surface area contributed by atoms with Crippen molar-refractivity contribution in [2.75, 3.05) is 6.61 Å². The minimum absolute atomic E-state index is 0.0788. The Hall–Kier alpha value is -1.80. The zero-order chi connectivity index (χ0) is 13.4. The van der Waals surface area contributed by atoms with Crippen LogP contribution >= 0.6 is 11.6 Å². The lowest BCUT2D eigenvalue weighted by atomic mass is 9.94. The smallest absolute Gasteiger partial charge is 0.403 e. The molecule has 1 aliphatic carbocycles. The van der Waals surface area contributed by atoms with Gasteiger partial charge in [-0.25, -0.2) is 4.79 Å². The minimum Gasteiger partial charge on any atom is -0.453 e. The maximum Gasteiger partial charge on any atom is 0.403 e. The van der Waals surface area contributed by atoms with Gasteiger partial charge in [-0.1, -0.05) is 42.5 Å². The molecule has 2 aromatic rings. The maximum absolute atomic E-state index is 10.9. The maximum atomic E-state index is 10.9. The second-order valence-electron chi connectivity index (χ2n) is 4.72. The third kappa shape index (κ3) is 2.02. The van der Waals surface area contributed by atoms with Crippen LogP contribution in [0, 0.1) is 6.92 Å². The van der Waals surface area contributed by atoms with Crippen LogP contribution in [0.4, 0.5) is 4.79 Å². The van der Waals surface area contributed by atoms with E-state index in [1.165, 1.54) is 27.8 Å². The third-order valence-corrected chi connectivity index (χ3v) is 3.77. The van der Waals surface area contributed by atoms with Crippen molar-refractivity contribution in [2.45, 2.75) is 12.8 Å². The number of rotatable bonds is 2. The number of ether oxygens (including phenoxy) is 1. The van der Waals surface area contributed by atoms with Crippen molar-refractivity contribution in [1.29, 1.82) is 0 Å². The summed E-state index contributed by atoms with van der Waals surface area (Å²) in [6.07, 6.45) is 0. The number of halogens is 1. The lowest BCUT2D eigenvalue weighted by Crippen LogP contribution is -2.09. The first-order valence-electron chi connectivity index (χ1n) is 6.19. The highest BCUT2D eigenvalue weighted by Gasteiger charge is 2.30. The standard InChI is InChI=1S/C16H13ClO2/c1-10-5-4-8-13-11-6-2-3-7-12(11)14(15(10)13)9-19-16(17)18/h2-8,14H,9H2,1H3. The molecule has 1 atom stereocenters. The quantitative estimate of drug-likeness (QED) is 0.753. The van der Waals surface area contributed by atoms with Crippen LogP contribution in [0.25, 0.3) is 11.1 Å². The van der Waals surface area contributed by atoms with Gasteiger partial charge in [-0.15, -0.1) is 0 Å². The Balaban J connectivity index is 2.12. The molecule has 0 aromatic heterocycles. The third-order valence-electron chi connectivity index (χ3n) is 3.66. The Morgan fingerprint density at radius 1 is 1.16 bits per heavy atom. The number of carbonyl (C=O) groups excluding carboxylic acids is 1. The molecular formula is C16H13ClO2. The van der Waals surface area contributed by atoms with Gasteiger partial charge in [0.15, 0.2) is 0 Å². The predicted molar refractivity (Wildman–Crippen MR) is 75.7 cm³/mol. The molecule has 0 spiro atoms. The molecule has 0 aliphatic heterocycles. The number of hydrogen-bond acceptors (Lipinski definition) is 2. The van der Waals surface area contributed by atoms with E-state index in [1.807, 2.05) is 12.1 Å². The monoisotopic (exact) mass is 272 g/mol. The van der Waals surface area contributed by atoms with Crippen LogP contribution in [-0.2, 0) is 4.74 Å². The summed E-state index contributed by atoms with van der Waals surface area (Å²) in [6, 6.07) is 14.5. The summed E-state index contributed by atoms with van der Waals surface area (Å²) in [7, 11) is 0. The second kappa shape index (κ2) is 4.71. The van der Waals surface area contributed by atoms with Gasteiger partial charge in [-0.05, 0) is 34.7 Å². The molecular weight excluding hydrogens is 260 g/mol. The van der Waals surface area contributed by atoms with Crippen molar-refractivity contribution >= 4 is 17.0 Å². The Morgan fingerprint density at radius 2 is 1.89 bits per heavy atom. The highest BCUT2D eigenvalue weighted by molar-refractivity contribution is 6.61. The molecule has 0 heterocycles.